The maximum absolute atomic E-state index is 13.3. The highest BCUT2D eigenvalue weighted by molar-refractivity contribution is 5.85. The first-order valence-corrected chi connectivity index (χ1v) is 9.03. The number of halogens is 5. The molecule has 3 rings (SSSR count). The summed E-state index contributed by atoms with van der Waals surface area (Å²) >= 11 is 0. The van der Waals surface area contributed by atoms with Gasteiger partial charge in [-0.3, -0.25) is 15.0 Å². The van der Waals surface area contributed by atoms with Gasteiger partial charge in [0.1, 0.15) is 6.04 Å². The highest BCUT2D eigenvalue weighted by atomic mass is 35.5. The molecule has 0 aromatic heterocycles. The summed E-state index contributed by atoms with van der Waals surface area (Å²) in [6, 6.07) is 6.12. The molecule has 28 heavy (non-hydrogen) atoms. The molecule has 2 aliphatic rings. The van der Waals surface area contributed by atoms with Crippen molar-refractivity contribution in [3.63, 3.8) is 0 Å². The Balaban J connectivity index is 0.00000196. The number of amides is 1. The molecule has 2 aliphatic heterocycles. The molecule has 160 valence electrons. The van der Waals surface area contributed by atoms with E-state index in [4.69, 9.17) is 0 Å². The van der Waals surface area contributed by atoms with E-state index in [9.17, 15) is 18.0 Å². The number of nitrogens with one attached hydrogen (secondary N) is 2. The predicted molar refractivity (Wildman–Crippen MR) is 107 cm³/mol. The van der Waals surface area contributed by atoms with Crippen LogP contribution in [0.15, 0.2) is 30.3 Å². The Morgan fingerprint density at radius 2 is 1.79 bits per heavy atom. The van der Waals surface area contributed by atoms with Crippen molar-refractivity contribution >= 4 is 30.7 Å². The van der Waals surface area contributed by atoms with Gasteiger partial charge in [0.2, 0.25) is 5.91 Å². The van der Waals surface area contributed by atoms with Crippen LogP contribution in [0.4, 0.5) is 13.2 Å². The fraction of sp³-hybridized carbons (Fsp3) is 0.611. The van der Waals surface area contributed by atoms with E-state index >= 15 is 0 Å². The molecule has 10 heteroatoms. The maximum atomic E-state index is 13.3. The van der Waals surface area contributed by atoms with Crippen LogP contribution in [0.3, 0.4) is 0 Å². The second-order valence-electron chi connectivity index (χ2n) is 6.83. The van der Waals surface area contributed by atoms with E-state index in [1.165, 1.54) is 12.1 Å². The normalized spacial score (nSPS) is 21.5. The third-order valence-corrected chi connectivity index (χ3v) is 5.10. The number of likely N-dealkylation sites (tertiary alicyclic amines) is 1. The van der Waals surface area contributed by atoms with E-state index < -0.39 is 12.2 Å². The van der Waals surface area contributed by atoms with Crippen molar-refractivity contribution in [1.82, 2.24) is 20.4 Å². The van der Waals surface area contributed by atoms with Gasteiger partial charge < -0.3 is 10.2 Å². The van der Waals surface area contributed by atoms with Crippen LogP contribution < -0.4 is 10.6 Å². The van der Waals surface area contributed by atoms with Crippen LogP contribution in [0.25, 0.3) is 0 Å². The summed E-state index contributed by atoms with van der Waals surface area (Å²) < 4.78 is 40.0. The van der Waals surface area contributed by atoms with Crippen LogP contribution in [-0.4, -0.2) is 73.7 Å². The molecule has 1 aromatic rings. The van der Waals surface area contributed by atoms with Crippen molar-refractivity contribution < 1.29 is 18.0 Å². The van der Waals surface area contributed by atoms with Gasteiger partial charge in [0.25, 0.3) is 0 Å². The van der Waals surface area contributed by atoms with Crippen molar-refractivity contribution in [2.24, 2.45) is 0 Å². The summed E-state index contributed by atoms with van der Waals surface area (Å²) in [7, 11) is 0. The molecular weight excluding hydrogens is 416 g/mol. The van der Waals surface area contributed by atoms with Crippen LogP contribution in [0.5, 0.6) is 0 Å². The van der Waals surface area contributed by atoms with Gasteiger partial charge >= 0.3 is 6.18 Å². The number of benzene rings is 1. The molecule has 2 N–H and O–H groups in total. The summed E-state index contributed by atoms with van der Waals surface area (Å²) in [4.78, 5) is 16.4. The number of nitrogens with zero attached hydrogens (tertiary/aromatic N) is 2. The predicted octanol–water partition coefficient (Wildman–Crippen LogP) is 2.23. The van der Waals surface area contributed by atoms with Crippen molar-refractivity contribution in [2.75, 3.05) is 45.8 Å². The summed E-state index contributed by atoms with van der Waals surface area (Å²) in [6.45, 7) is 4.68. The number of alkyl halides is 3. The van der Waals surface area contributed by atoms with E-state index in [2.05, 4.69) is 15.5 Å². The van der Waals surface area contributed by atoms with Crippen molar-refractivity contribution in [2.45, 2.75) is 24.7 Å². The van der Waals surface area contributed by atoms with Crippen LogP contribution in [0.2, 0.25) is 0 Å². The summed E-state index contributed by atoms with van der Waals surface area (Å²) in [5, 5.41) is 5.70. The molecule has 2 saturated heterocycles. The first-order chi connectivity index (χ1) is 12.4. The second-order valence-corrected chi connectivity index (χ2v) is 6.83. The lowest BCUT2D eigenvalue weighted by Gasteiger charge is -2.32. The largest absolute Gasteiger partial charge is 0.407 e. The molecule has 0 aliphatic carbocycles. The molecule has 0 bridgehead atoms. The Bertz CT molecular complexity index is 600. The quantitative estimate of drug-likeness (QED) is 0.733. The molecule has 2 heterocycles. The van der Waals surface area contributed by atoms with Crippen molar-refractivity contribution in [1.29, 1.82) is 0 Å². The fourth-order valence-corrected chi connectivity index (χ4v) is 3.68. The van der Waals surface area contributed by atoms with Crippen molar-refractivity contribution in [3.05, 3.63) is 35.9 Å². The van der Waals surface area contributed by atoms with Gasteiger partial charge in [-0.1, -0.05) is 30.3 Å². The van der Waals surface area contributed by atoms with Crippen LogP contribution in [0, 0.1) is 0 Å². The molecule has 2 atom stereocenters. The van der Waals surface area contributed by atoms with Gasteiger partial charge in [0, 0.05) is 45.3 Å². The number of carbonyl (C=O) groups is 1. The van der Waals surface area contributed by atoms with Gasteiger partial charge in [0.05, 0.1) is 6.54 Å². The SMILES string of the molecule is Cl.Cl.O=C(CNC(c1ccccc1)C(F)(F)F)N1CCC(N2CCNCC2)C1. The van der Waals surface area contributed by atoms with E-state index in [-0.39, 0.29) is 42.8 Å². The number of rotatable bonds is 5. The molecule has 2 unspecified atom stereocenters. The Labute approximate surface area is 175 Å². The Morgan fingerprint density at radius 3 is 2.39 bits per heavy atom. The molecular formula is C18H27Cl2F3N4O. The van der Waals surface area contributed by atoms with E-state index in [1.54, 1.807) is 23.1 Å². The lowest BCUT2D eigenvalue weighted by atomic mass is 10.1. The Kier molecular flexibility index (Phi) is 10.00. The smallest absolute Gasteiger partial charge is 0.340 e. The first-order valence-electron chi connectivity index (χ1n) is 9.03. The van der Waals surface area contributed by atoms with Crippen LogP contribution in [0.1, 0.15) is 18.0 Å². The van der Waals surface area contributed by atoms with E-state index in [0.717, 1.165) is 32.6 Å². The summed E-state index contributed by atoms with van der Waals surface area (Å²) in [6.07, 6.45) is -3.57. The monoisotopic (exact) mass is 442 g/mol. The lowest BCUT2D eigenvalue weighted by Crippen LogP contribution is -2.50. The minimum Gasteiger partial charge on any atom is -0.340 e. The van der Waals surface area contributed by atoms with Gasteiger partial charge in [-0.15, -0.1) is 24.8 Å². The topological polar surface area (TPSA) is 47.6 Å². The molecule has 2 fully saturated rings. The Hall–Kier alpha value is -1.06. The molecule has 0 saturated carbocycles. The summed E-state index contributed by atoms with van der Waals surface area (Å²) in [5.74, 6) is -0.271. The number of piperazine rings is 1. The zero-order valence-electron chi connectivity index (χ0n) is 15.5. The third-order valence-electron chi connectivity index (χ3n) is 5.10. The average molecular weight is 443 g/mol. The number of hydrogen-bond acceptors (Lipinski definition) is 4. The van der Waals surface area contributed by atoms with Crippen LogP contribution >= 0.6 is 24.8 Å². The van der Waals surface area contributed by atoms with Gasteiger partial charge in [-0.05, 0) is 12.0 Å². The third kappa shape index (κ3) is 6.49. The van der Waals surface area contributed by atoms with E-state index in [0.29, 0.717) is 19.1 Å². The molecule has 5 nitrogen and oxygen atoms in total. The summed E-state index contributed by atoms with van der Waals surface area (Å²) in [5.41, 5.74) is 0.118. The standard InChI is InChI=1S/C18H25F3N4O.2ClH/c19-18(20,21)17(14-4-2-1-3-5-14)23-12-16(26)25-9-6-15(13-25)24-10-7-22-8-11-24;;/h1-5,15,17,22-23H,6-13H2;2*1H. The second kappa shape index (κ2) is 11.2. The average Bonchev–Trinajstić information content (AvgIpc) is 3.12. The molecule has 0 spiro atoms. The minimum atomic E-state index is -4.45. The van der Waals surface area contributed by atoms with Gasteiger partial charge in [-0.25, -0.2) is 0 Å². The highest BCUT2D eigenvalue weighted by Gasteiger charge is 2.41. The van der Waals surface area contributed by atoms with Crippen molar-refractivity contribution in [3.8, 4) is 0 Å². The van der Waals surface area contributed by atoms with Crippen LogP contribution in [-0.2, 0) is 4.79 Å². The Morgan fingerprint density at radius 1 is 1.14 bits per heavy atom. The van der Waals surface area contributed by atoms with Gasteiger partial charge in [-0.2, -0.15) is 13.2 Å². The van der Waals surface area contributed by atoms with E-state index in [1.807, 2.05) is 0 Å². The maximum Gasteiger partial charge on any atom is 0.407 e. The molecule has 1 amide bonds. The lowest BCUT2D eigenvalue weighted by molar-refractivity contribution is -0.159. The zero-order valence-corrected chi connectivity index (χ0v) is 17.1. The fourth-order valence-electron chi connectivity index (χ4n) is 3.68. The zero-order chi connectivity index (χ0) is 18.6. The highest BCUT2D eigenvalue weighted by Crippen LogP contribution is 2.32. The molecule has 1 aromatic carbocycles. The first kappa shape index (κ1) is 25.0. The number of carbonyl (C=O) groups excluding carboxylic acids is 1. The molecule has 0 radical (unpaired) electrons. The minimum absolute atomic E-state index is 0. The number of hydrogen-bond donors (Lipinski definition) is 2. The van der Waals surface area contributed by atoms with Gasteiger partial charge in [0.15, 0.2) is 0 Å².